The van der Waals surface area contributed by atoms with Crippen molar-refractivity contribution in [3.63, 3.8) is 0 Å². The van der Waals surface area contributed by atoms with Crippen molar-refractivity contribution in [3.8, 4) is 0 Å². The first-order valence-electron chi connectivity index (χ1n) is 6.95. The quantitative estimate of drug-likeness (QED) is 0.579. The minimum Gasteiger partial charge on any atom is -0.494 e. The van der Waals surface area contributed by atoms with Crippen molar-refractivity contribution in [2.75, 3.05) is 7.11 Å². The Morgan fingerprint density at radius 3 is 2.54 bits per heavy atom. The molecule has 2 aliphatic carbocycles. The van der Waals surface area contributed by atoms with Gasteiger partial charge in [-0.3, -0.25) is 0 Å². The van der Waals surface area contributed by atoms with Gasteiger partial charge >= 0.3 is 6.18 Å². The van der Waals surface area contributed by atoms with Gasteiger partial charge in [0.1, 0.15) is 11.1 Å². The van der Waals surface area contributed by atoms with Crippen LogP contribution in [0.25, 0.3) is 0 Å². The minimum absolute atomic E-state index is 0.204. The Kier molecular flexibility index (Phi) is 5.79. The molecule has 0 aromatic carbocycles. The van der Waals surface area contributed by atoms with Gasteiger partial charge in [0.15, 0.2) is 17.8 Å². The van der Waals surface area contributed by atoms with Crippen LogP contribution in [0.1, 0.15) is 12.8 Å². The second-order valence-electron chi connectivity index (χ2n) is 5.37. The monoisotopic (exact) mass is 375 g/mol. The highest BCUT2D eigenvalue weighted by Crippen LogP contribution is 2.39. The number of hydrogen-bond acceptors (Lipinski definition) is 4. The highest BCUT2D eigenvalue weighted by molar-refractivity contribution is 7.98. The molecule has 24 heavy (non-hydrogen) atoms. The van der Waals surface area contributed by atoms with Gasteiger partial charge in [0.05, 0.1) is 19.1 Å². The summed E-state index contributed by atoms with van der Waals surface area (Å²) in [6, 6.07) is 0. The fraction of sp³-hybridized carbons (Fsp3) is 0.571. The first-order chi connectivity index (χ1) is 11.1. The number of halogens is 6. The number of aliphatic hydroxyl groups is 1. The Balaban J connectivity index is 1.99. The number of nitrogens with one attached hydrogen (secondary N) is 1. The molecular formula is C14H15F6NO2S. The average Bonchev–Trinajstić information content (AvgIpc) is 2.49. The largest absolute Gasteiger partial charge is 0.494 e. The summed E-state index contributed by atoms with van der Waals surface area (Å²) in [6.45, 7) is 0. The number of alkyl halides is 4. The molecule has 2 N–H and O–H groups in total. The summed E-state index contributed by atoms with van der Waals surface area (Å²) in [7, 11) is 1.07. The molecule has 0 radical (unpaired) electrons. The molecule has 0 spiro atoms. The first kappa shape index (κ1) is 19.0. The van der Waals surface area contributed by atoms with Crippen molar-refractivity contribution in [1.29, 1.82) is 0 Å². The maximum Gasteiger partial charge on any atom is 0.394 e. The van der Waals surface area contributed by atoms with Crippen molar-refractivity contribution < 1.29 is 36.2 Å². The Morgan fingerprint density at radius 1 is 1.33 bits per heavy atom. The second kappa shape index (κ2) is 7.30. The van der Waals surface area contributed by atoms with E-state index in [9.17, 15) is 31.4 Å². The maximum absolute atomic E-state index is 13.9. The maximum atomic E-state index is 13.9. The summed E-state index contributed by atoms with van der Waals surface area (Å²) in [5.41, 5.74) is 0.204. The summed E-state index contributed by atoms with van der Waals surface area (Å²) in [4.78, 5) is 0. The number of allylic oxidation sites excluding steroid dienone is 3. The van der Waals surface area contributed by atoms with Gasteiger partial charge < -0.3 is 14.6 Å². The molecule has 0 aliphatic heterocycles. The van der Waals surface area contributed by atoms with Gasteiger partial charge in [-0.05, 0) is 18.4 Å². The SMILES string of the molecule is COC1=C(F)C(F)[C@@H](SNC2=CCC(C(F)(F)F)C(O)C2)C(F)=C1. The van der Waals surface area contributed by atoms with Gasteiger partial charge in [-0.1, -0.05) is 6.08 Å². The third-order valence-corrected chi connectivity index (χ3v) is 4.85. The van der Waals surface area contributed by atoms with E-state index in [1.54, 1.807) is 0 Å². The summed E-state index contributed by atoms with van der Waals surface area (Å²) in [5, 5.41) is 8.03. The van der Waals surface area contributed by atoms with E-state index in [-0.39, 0.29) is 12.1 Å². The molecule has 0 aromatic heterocycles. The van der Waals surface area contributed by atoms with Crippen LogP contribution in [0.15, 0.2) is 35.3 Å². The van der Waals surface area contributed by atoms with Gasteiger partial charge in [0.2, 0.25) is 0 Å². The molecule has 10 heteroatoms. The predicted molar refractivity (Wildman–Crippen MR) is 76.6 cm³/mol. The fourth-order valence-electron chi connectivity index (χ4n) is 2.41. The van der Waals surface area contributed by atoms with Crippen molar-refractivity contribution in [2.24, 2.45) is 5.92 Å². The summed E-state index contributed by atoms with van der Waals surface area (Å²) < 4.78 is 86.3. The smallest absolute Gasteiger partial charge is 0.394 e. The first-order valence-corrected chi connectivity index (χ1v) is 7.83. The van der Waals surface area contributed by atoms with E-state index in [0.29, 0.717) is 18.0 Å². The Hall–Kier alpha value is -1.29. The molecule has 0 amide bonds. The van der Waals surface area contributed by atoms with E-state index < -0.39 is 53.5 Å². The normalized spacial score (nSPS) is 31.5. The van der Waals surface area contributed by atoms with Crippen LogP contribution in [-0.4, -0.2) is 35.9 Å². The molecule has 3 unspecified atom stereocenters. The highest BCUT2D eigenvalue weighted by atomic mass is 32.2. The molecule has 2 rings (SSSR count). The van der Waals surface area contributed by atoms with Crippen molar-refractivity contribution in [3.05, 3.63) is 35.3 Å². The second-order valence-corrected chi connectivity index (χ2v) is 6.32. The number of ether oxygens (including phenoxy) is 1. The van der Waals surface area contributed by atoms with Crippen molar-refractivity contribution in [1.82, 2.24) is 4.72 Å². The molecule has 136 valence electrons. The van der Waals surface area contributed by atoms with E-state index in [4.69, 9.17) is 0 Å². The lowest BCUT2D eigenvalue weighted by atomic mass is 9.89. The Bertz CT molecular complexity index is 574. The summed E-state index contributed by atoms with van der Waals surface area (Å²) >= 11 is 0.488. The number of methoxy groups -OCH3 is 1. The lowest BCUT2D eigenvalue weighted by molar-refractivity contribution is -0.200. The van der Waals surface area contributed by atoms with Gasteiger partial charge in [-0.2, -0.15) is 13.2 Å². The van der Waals surface area contributed by atoms with Gasteiger partial charge in [0, 0.05) is 18.2 Å². The molecule has 0 fully saturated rings. The lowest BCUT2D eigenvalue weighted by Crippen LogP contribution is -2.37. The van der Waals surface area contributed by atoms with Crippen molar-refractivity contribution >= 4 is 11.9 Å². The molecular weight excluding hydrogens is 360 g/mol. The average molecular weight is 375 g/mol. The van der Waals surface area contributed by atoms with Crippen LogP contribution in [0.3, 0.4) is 0 Å². The molecule has 0 heterocycles. The van der Waals surface area contributed by atoms with Crippen LogP contribution in [0.4, 0.5) is 26.3 Å². The number of hydrogen-bond donors (Lipinski definition) is 2. The standard InChI is InChI=1S/C14H15F6NO2S/c1-23-10-5-8(15)13(12(17)11(10)16)24-21-6-2-3-7(9(22)4-6)14(18,19)20/h2,5,7,9,12-13,21-22H,3-4H2,1H3/t7?,9?,12?,13-/m0/s1. The van der Waals surface area contributed by atoms with E-state index in [0.717, 1.165) is 7.11 Å². The third kappa shape index (κ3) is 4.02. The molecule has 4 atom stereocenters. The van der Waals surface area contributed by atoms with Gasteiger partial charge in [0.25, 0.3) is 0 Å². The van der Waals surface area contributed by atoms with E-state index in [1.165, 1.54) is 6.08 Å². The van der Waals surface area contributed by atoms with Gasteiger partial charge in [-0.25, -0.2) is 13.2 Å². The predicted octanol–water partition coefficient (Wildman–Crippen LogP) is 3.84. The van der Waals surface area contributed by atoms with Crippen LogP contribution in [0, 0.1) is 5.92 Å². The zero-order chi connectivity index (χ0) is 18.1. The van der Waals surface area contributed by atoms with Crippen LogP contribution in [0.5, 0.6) is 0 Å². The Morgan fingerprint density at radius 2 is 2.00 bits per heavy atom. The minimum atomic E-state index is -4.53. The lowest BCUT2D eigenvalue weighted by Gasteiger charge is -2.30. The fourth-order valence-corrected chi connectivity index (χ4v) is 3.27. The van der Waals surface area contributed by atoms with E-state index in [2.05, 4.69) is 9.46 Å². The molecule has 0 saturated heterocycles. The molecule has 0 saturated carbocycles. The van der Waals surface area contributed by atoms with Crippen LogP contribution < -0.4 is 4.72 Å². The topological polar surface area (TPSA) is 41.5 Å². The molecule has 2 aliphatic rings. The van der Waals surface area contributed by atoms with E-state index >= 15 is 0 Å². The third-order valence-electron chi connectivity index (χ3n) is 3.75. The highest BCUT2D eigenvalue weighted by Gasteiger charge is 2.45. The van der Waals surface area contributed by atoms with Crippen LogP contribution in [0.2, 0.25) is 0 Å². The van der Waals surface area contributed by atoms with Crippen molar-refractivity contribution in [2.45, 2.75) is 36.5 Å². The van der Waals surface area contributed by atoms with Gasteiger partial charge in [-0.15, -0.1) is 0 Å². The summed E-state index contributed by atoms with van der Waals surface area (Å²) in [5.74, 6) is -4.65. The molecule has 0 bridgehead atoms. The van der Waals surface area contributed by atoms with E-state index in [1.807, 2.05) is 0 Å². The summed E-state index contributed by atoms with van der Waals surface area (Å²) in [6.07, 6.45) is -7.33. The van der Waals surface area contributed by atoms with Crippen LogP contribution in [-0.2, 0) is 4.74 Å². The number of aliphatic hydroxyl groups excluding tert-OH is 1. The zero-order valence-corrected chi connectivity index (χ0v) is 13.2. The number of rotatable bonds is 4. The van der Waals surface area contributed by atoms with Crippen LogP contribution >= 0.6 is 11.9 Å². The Labute approximate surface area is 138 Å². The molecule has 3 nitrogen and oxygen atoms in total. The zero-order valence-electron chi connectivity index (χ0n) is 12.4. The molecule has 0 aromatic rings.